The fourth-order valence-electron chi connectivity index (χ4n) is 1.15. The van der Waals surface area contributed by atoms with Crippen molar-refractivity contribution in [1.29, 1.82) is 0 Å². The minimum Gasteiger partial charge on any atom is -0.480 e. The number of furan rings is 1. The summed E-state index contributed by atoms with van der Waals surface area (Å²) in [6.07, 6.45) is 2.01. The van der Waals surface area contributed by atoms with E-state index in [4.69, 9.17) is 9.52 Å². The SMILES string of the molecule is CCc1occc1C(=O)N[C@H](C)C(=O)O. The molecule has 1 heterocycles. The van der Waals surface area contributed by atoms with Crippen molar-refractivity contribution in [1.82, 2.24) is 5.32 Å². The number of hydrogen-bond acceptors (Lipinski definition) is 3. The summed E-state index contributed by atoms with van der Waals surface area (Å²) in [4.78, 5) is 22.1. The fraction of sp³-hybridized carbons (Fsp3) is 0.400. The maximum absolute atomic E-state index is 11.6. The van der Waals surface area contributed by atoms with Gasteiger partial charge in [0.1, 0.15) is 11.8 Å². The number of carbonyl (C=O) groups excluding carboxylic acids is 1. The minimum atomic E-state index is -1.06. The van der Waals surface area contributed by atoms with Crippen molar-refractivity contribution >= 4 is 11.9 Å². The number of nitrogens with one attached hydrogen (secondary N) is 1. The first-order valence-electron chi connectivity index (χ1n) is 4.66. The lowest BCUT2D eigenvalue weighted by Crippen LogP contribution is -2.38. The molecule has 0 radical (unpaired) electrons. The first-order valence-corrected chi connectivity index (χ1v) is 4.66. The molecule has 1 atom stereocenters. The van der Waals surface area contributed by atoms with Crippen LogP contribution in [0.25, 0.3) is 0 Å². The van der Waals surface area contributed by atoms with E-state index in [0.29, 0.717) is 17.7 Å². The Balaban J connectivity index is 2.73. The lowest BCUT2D eigenvalue weighted by atomic mass is 10.2. The van der Waals surface area contributed by atoms with Gasteiger partial charge in [-0.2, -0.15) is 0 Å². The Morgan fingerprint density at radius 1 is 1.60 bits per heavy atom. The number of aryl methyl sites for hydroxylation is 1. The van der Waals surface area contributed by atoms with Crippen LogP contribution in [0.1, 0.15) is 30.0 Å². The summed E-state index contributed by atoms with van der Waals surface area (Å²) < 4.78 is 5.07. The Kier molecular flexibility index (Phi) is 3.49. The van der Waals surface area contributed by atoms with Gasteiger partial charge in [-0.25, -0.2) is 0 Å². The molecule has 0 unspecified atom stereocenters. The van der Waals surface area contributed by atoms with Crippen molar-refractivity contribution in [3.05, 3.63) is 23.7 Å². The molecule has 15 heavy (non-hydrogen) atoms. The summed E-state index contributed by atoms with van der Waals surface area (Å²) in [6.45, 7) is 3.27. The molecule has 0 aliphatic carbocycles. The largest absolute Gasteiger partial charge is 0.480 e. The van der Waals surface area contributed by atoms with Gasteiger partial charge >= 0.3 is 5.97 Å². The third kappa shape index (κ3) is 2.59. The average molecular weight is 211 g/mol. The van der Waals surface area contributed by atoms with E-state index in [1.54, 1.807) is 0 Å². The molecule has 0 spiro atoms. The van der Waals surface area contributed by atoms with Crippen LogP contribution in [-0.4, -0.2) is 23.0 Å². The van der Waals surface area contributed by atoms with Crippen LogP contribution in [0.5, 0.6) is 0 Å². The number of carbonyl (C=O) groups is 2. The lowest BCUT2D eigenvalue weighted by Gasteiger charge is -2.08. The number of aliphatic carboxylic acids is 1. The van der Waals surface area contributed by atoms with Crippen LogP contribution in [0.2, 0.25) is 0 Å². The van der Waals surface area contributed by atoms with Gasteiger partial charge in [-0.3, -0.25) is 9.59 Å². The second-order valence-corrected chi connectivity index (χ2v) is 3.14. The molecule has 0 aliphatic rings. The zero-order valence-electron chi connectivity index (χ0n) is 8.61. The Labute approximate surface area is 87.1 Å². The first-order chi connectivity index (χ1) is 7.06. The number of rotatable bonds is 4. The van der Waals surface area contributed by atoms with Crippen LogP contribution in [0, 0.1) is 0 Å². The summed E-state index contributed by atoms with van der Waals surface area (Å²) in [6, 6.07) is 0.625. The number of amides is 1. The predicted octanol–water partition coefficient (Wildman–Crippen LogP) is 1.04. The van der Waals surface area contributed by atoms with Crippen LogP contribution in [0.15, 0.2) is 16.7 Å². The molecule has 1 amide bonds. The Morgan fingerprint density at radius 3 is 2.80 bits per heavy atom. The summed E-state index contributed by atoms with van der Waals surface area (Å²) >= 11 is 0. The monoisotopic (exact) mass is 211 g/mol. The summed E-state index contributed by atoms with van der Waals surface area (Å²) in [5.41, 5.74) is 0.394. The van der Waals surface area contributed by atoms with Gasteiger partial charge in [-0.1, -0.05) is 6.92 Å². The standard InChI is InChI=1S/C10H13NO4/c1-3-8-7(4-5-15-8)9(12)11-6(2)10(13)14/h4-6H,3H2,1-2H3,(H,11,12)(H,13,14)/t6-/m1/s1. The van der Waals surface area contributed by atoms with Gasteiger partial charge in [-0.05, 0) is 13.0 Å². The number of carboxylic acids is 1. The summed E-state index contributed by atoms with van der Waals surface area (Å²) in [5, 5.41) is 11.0. The van der Waals surface area contributed by atoms with Crippen LogP contribution in [-0.2, 0) is 11.2 Å². The van der Waals surface area contributed by atoms with Gasteiger partial charge in [0.15, 0.2) is 0 Å². The highest BCUT2D eigenvalue weighted by Crippen LogP contribution is 2.10. The zero-order valence-corrected chi connectivity index (χ0v) is 8.61. The van der Waals surface area contributed by atoms with Crippen molar-refractivity contribution in [2.24, 2.45) is 0 Å². The van der Waals surface area contributed by atoms with E-state index in [0.717, 1.165) is 0 Å². The molecule has 0 aliphatic heterocycles. The molecule has 0 saturated heterocycles. The van der Waals surface area contributed by atoms with E-state index >= 15 is 0 Å². The van der Waals surface area contributed by atoms with Gasteiger partial charge in [-0.15, -0.1) is 0 Å². The van der Waals surface area contributed by atoms with Crippen LogP contribution < -0.4 is 5.32 Å². The van der Waals surface area contributed by atoms with E-state index in [1.165, 1.54) is 19.3 Å². The smallest absolute Gasteiger partial charge is 0.325 e. The summed E-state index contributed by atoms with van der Waals surface area (Å²) in [7, 11) is 0. The normalized spacial score (nSPS) is 12.1. The first kappa shape index (κ1) is 11.3. The van der Waals surface area contributed by atoms with E-state index in [1.807, 2.05) is 6.92 Å². The number of carboxylic acid groups (broad SMARTS) is 1. The average Bonchev–Trinajstić information content (AvgIpc) is 2.64. The van der Waals surface area contributed by atoms with Crippen molar-refractivity contribution in [2.75, 3.05) is 0 Å². The van der Waals surface area contributed by atoms with Gasteiger partial charge in [0.25, 0.3) is 5.91 Å². The molecule has 82 valence electrons. The second-order valence-electron chi connectivity index (χ2n) is 3.14. The van der Waals surface area contributed by atoms with Crippen molar-refractivity contribution in [2.45, 2.75) is 26.3 Å². The molecule has 5 nitrogen and oxygen atoms in total. The van der Waals surface area contributed by atoms with Gasteiger partial charge in [0.2, 0.25) is 0 Å². The highest BCUT2D eigenvalue weighted by atomic mass is 16.4. The van der Waals surface area contributed by atoms with Crippen LogP contribution in [0.3, 0.4) is 0 Å². The van der Waals surface area contributed by atoms with E-state index in [9.17, 15) is 9.59 Å². The van der Waals surface area contributed by atoms with Crippen molar-refractivity contribution in [3.63, 3.8) is 0 Å². The van der Waals surface area contributed by atoms with Gasteiger partial charge in [0, 0.05) is 6.42 Å². The highest BCUT2D eigenvalue weighted by Gasteiger charge is 2.18. The second kappa shape index (κ2) is 4.63. The molecular formula is C10H13NO4. The molecule has 1 aromatic rings. The van der Waals surface area contributed by atoms with Crippen molar-refractivity contribution < 1.29 is 19.1 Å². The van der Waals surface area contributed by atoms with Crippen LogP contribution >= 0.6 is 0 Å². The highest BCUT2D eigenvalue weighted by molar-refractivity contribution is 5.97. The van der Waals surface area contributed by atoms with Gasteiger partial charge in [0.05, 0.1) is 11.8 Å². The maximum Gasteiger partial charge on any atom is 0.325 e. The Hall–Kier alpha value is -1.78. The maximum atomic E-state index is 11.6. The van der Waals surface area contributed by atoms with Crippen molar-refractivity contribution in [3.8, 4) is 0 Å². The number of hydrogen-bond donors (Lipinski definition) is 2. The minimum absolute atomic E-state index is 0.394. The molecule has 0 saturated carbocycles. The van der Waals surface area contributed by atoms with E-state index < -0.39 is 17.9 Å². The third-order valence-electron chi connectivity index (χ3n) is 2.03. The topological polar surface area (TPSA) is 79.5 Å². The molecule has 5 heteroatoms. The Morgan fingerprint density at radius 2 is 2.27 bits per heavy atom. The lowest BCUT2D eigenvalue weighted by molar-refractivity contribution is -0.138. The molecule has 2 N–H and O–H groups in total. The zero-order chi connectivity index (χ0) is 11.4. The third-order valence-corrected chi connectivity index (χ3v) is 2.03. The molecule has 0 bridgehead atoms. The van der Waals surface area contributed by atoms with Gasteiger partial charge < -0.3 is 14.8 Å². The molecule has 1 aromatic heterocycles. The molecular weight excluding hydrogens is 198 g/mol. The fourth-order valence-corrected chi connectivity index (χ4v) is 1.15. The van der Waals surface area contributed by atoms with Crippen LogP contribution in [0.4, 0.5) is 0 Å². The molecule has 1 rings (SSSR count). The molecule has 0 aromatic carbocycles. The summed E-state index contributed by atoms with van der Waals surface area (Å²) in [5.74, 6) is -0.925. The quantitative estimate of drug-likeness (QED) is 0.780. The Bertz CT molecular complexity index is 369. The van der Waals surface area contributed by atoms with E-state index in [-0.39, 0.29) is 0 Å². The van der Waals surface area contributed by atoms with E-state index in [2.05, 4.69) is 5.32 Å². The molecule has 0 fully saturated rings. The predicted molar refractivity (Wildman–Crippen MR) is 52.7 cm³/mol.